The number of hydrogen-bond acceptors (Lipinski definition) is 5. The van der Waals surface area contributed by atoms with Crippen molar-refractivity contribution in [2.75, 3.05) is 0 Å². The molecule has 0 amide bonds. The van der Waals surface area contributed by atoms with Crippen LogP contribution in [-0.2, 0) is 16.1 Å². The fourth-order valence-electron chi connectivity index (χ4n) is 4.05. The molecule has 2 aliphatic carbocycles. The molecule has 2 saturated carbocycles. The smallest absolute Gasteiger partial charge is 0.306 e. The summed E-state index contributed by atoms with van der Waals surface area (Å²) in [6.45, 7) is 0.0550. The molecule has 0 N–H and O–H groups in total. The van der Waals surface area contributed by atoms with Crippen molar-refractivity contribution in [3.8, 4) is 11.5 Å². The van der Waals surface area contributed by atoms with Crippen LogP contribution in [0.3, 0.4) is 0 Å². The molecule has 3 atom stereocenters. The van der Waals surface area contributed by atoms with Crippen LogP contribution in [0.5, 0.6) is 0 Å². The fraction of sp³-hybridized carbons (Fsp3) is 0.500. The summed E-state index contributed by atoms with van der Waals surface area (Å²) in [4.78, 5) is 12.0. The molecular weight excluding hydrogens is 292 g/mol. The highest BCUT2D eigenvalue weighted by Gasteiger charge is 2.40. The molecular formula is C18H20N2O3. The van der Waals surface area contributed by atoms with Crippen LogP contribution < -0.4 is 0 Å². The second kappa shape index (κ2) is 6.14. The Morgan fingerprint density at radius 3 is 2.78 bits per heavy atom. The first-order valence-corrected chi connectivity index (χ1v) is 8.31. The van der Waals surface area contributed by atoms with Crippen LogP contribution >= 0.6 is 0 Å². The number of nitrogens with zero attached hydrogens (tertiary/aromatic N) is 2. The standard InChI is InChI=1S/C18H20N2O3/c21-17(10-15-9-12-6-7-14(15)8-12)22-11-16-19-20-18(23-16)13-4-2-1-3-5-13/h1-5,12,14-15H,6-11H2/t12-,14-,15+/m1/s1. The zero-order valence-electron chi connectivity index (χ0n) is 13.0. The molecule has 4 rings (SSSR count). The van der Waals surface area contributed by atoms with Gasteiger partial charge in [-0.2, -0.15) is 0 Å². The molecule has 1 heterocycles. The maximum Gasteiger partial charge on any atom is 0.306 e. The first-order chi connectivity index (χ1) is 11.3. The van der Waals surface area contributed by atoms with E-state index in [0.29, 0.717) is 24.1 Å². The Kier molecular flexibility index (Phi) is 3.85. The van der Waals surface area contributed by atoms with Crippen LogP contribution in [0.4, 0.5) is 0 Å². The molecule has 1 aromatic carbocycles. The van der Waals surface area contributed by atoms with Crippen LogP contribution in [0.25, 0.3) is 11.5 Å². The van der Waals surface area contributed by atoms with Crippen LogP contribution in [0.2, 0.25) is 0 Å². The highest BCUT2D eigenvalue weighted by atomic mass is 16.5. The number of carbonyl (C=O) groups excluding carboxylic acids is 1. The number of rotatable bonds is 5. The lowest BCUT2D eigenvalue weighted by atomic mass is 9.86. The van der Waals surface area contributed by atoms with Gasteiger partial charge in [0.2, 0.25) is 5.89 Å². The molecule has 120 valence electrons. The maximum atomic E-state index is 12.0. The molecule has 23 heavy (non-hydrogen) atoms. The van der Waals surface area contributed by atoms with E-state index in [1.807, 2.05) is 30.3 Å². The minimum Gasteiger partial charge on any atom is -0.456 e. The minimum absolute atomic E-state index is 0.0550. The Hall–Kier alpha value is -2.17. The van der Waals surface area contributed by atoms with Gasteiger partial charge < -0.3 is 9.15 Å². The summed E-state index contributed by atoms with van der Waals surface area (Å²) in [6, 6.07) is 9.55. The largest absolute Gasteiger partial charge is 0.456 e. The van der Waals surface area contributed by atoms with Crippen LogP contribution in [-0.4, -0.2) is 16.2 Å². The van der Waals surface area contributed by atoms with Gasteiger partial charge in [0.25, 0.3) is 5.89 Å². The van der Waals surface area contributed by atoms with Crippen molar-refractivity contribution in [2.24, 2.45) is 17.8 Å². The number of benzene rings is 1. The van der Waals surface area contributed by atoms with Crippen molar-refractivity contribution >= 4 is 5.97 Å². The number of ether oxygens (including phenoxy) is 1. The highest BCUT2D eigenvalue weighted by molar-refractivity contribution is 5.69. The van der Waals surface area contributed by atoms with Gasteiger partial charge >= 0.3 is 5.97 Å². The molecule has 2 aromatic rings. The summed E-state index contributed by atoms with van der Waals surface area (Å²) in [6.07, 6.45) is 5.66. The van der Waals surface area contributed by atoms with E-state index < -0.39 is 0 Å². The van der Waals surface area contributed by atoms with Crippen molar-refractivity contribution in [3.05, 3.63) is 36.2 Å². The Labute approximate surface area is 135 Å². The molecule has 0 saturated heterocycles. The van der Waals surface area contributed by atoms with Crippen molar-refractivity contribution < 1.29 is 13.9 Å². The summed E-state index contributed by atoms with van der Waals surface area (Å²) >= 11 is 0. The average Bonchev–Trinajstić information content (AvgIpc) is 3.30. The summed E-state index contributed by atoms with van der Waals surface area (Å²) < 4.78 is 10.9. The Balaban J connectivity index is 1.29. The number of esters is 1. The molecule has 5 heteroatoms. The fourth-order valence-corrected chi connectivity index (χ4v) is 4.05. The van der Waals surface area contributed by atoms with Crippen molar-refractivity contribution in [1.29, 1.82) is 0 Å². The van der Waals surface area contributed by atoms with E-state index in [-0.39, 0.29) is 12.6 Å². The third kappa shape index (κ3) is 3.14. The molecule has 2 fully saturated rings. The lowest BCUT2D eigenvalue weighted by Crippen LogP contribution is -2.17. The van der Waals surface area contributed by atoms with E-state index in [0.717, 1.165) is 17.4 Å². The molecule has 0 aliphatic heterocycles. The first kappa shape index (κ1) is 14.4. The van der Waals surface area contributed by atoms with E-state index in [1.54, 1.807) is 0 Å². The molecule has 5 nitrogen and oxygen atoms in total. The monoisotopic (exact) mass is 312 g/mol. The van der Waals surface area contributed by atoms with Gasteiger partial charge in [-0.05, 0) is 49.1 Å². The maximum absolute atomic E-state index is 12.0. The minimum atomic E-state index is -0.151. The van der Waals surface area contributed by atoms with Crippen LogP contribution in [0.15, 0.2) is 34.7 Å². The summed E-state index contributed by atoms with van der Waals surface area (Å²) in [7, 11) is 0. The Morgan fingerprint density at radius 2 is 2.04 bits per heavy atom. The Bertz CT molecular complexity index is 683. The predicted octanol–water partition coefficient (Wildman–Crippen LogP) is 3.61. The topological polar surface area (TPSA) is 65.2 Å². The average molecular weight is 312 g/mol. The summed E-state index contributed by atoms with van der Waals surface area (Å²) in [5, 5.41) is 7.93. The zero-order chi connectivity index (χ0) is 15.6. The Morgan fingerprint density at radius 1 is 1.17 bits per heavy atom. The van der Waals surface area contributed by atoms with Gasteiger partial charge in [0.15, 0.2) is 6.61 Å². The second-order valence-corrected chi connectivity index (χ2v) is 6.67. The number of hydrogen-bond donors (Lipinski definition) is 0. The van der Waals surface area contributed by atoms with Crippen LogP contribution in [0.1, 0.15) is 38.0 Å². The van der Waals surface area contributed by atoms with Gasteiger partial charge in [-0.25, -0.2) is 0 Å². The normalized spacial score (nSPS) is 25.7. The SMILES string of the molecule is O=C(C[C@@H]1C[C@@H]2CC[C@@H]1C2)OCc1nnc(-c2ccccc2)o1. The van der Waals surface area contributed by atoms with Gasteiger partial charge in [0, 0.05) is 12.0 Å². The predicted molar refractivity (Wildman–Crippen MR) is 83.1 cm³/mol. The van der Waals surface area contributed by atoms with Crippen molar-refractivity contribution in [1.82, 2.24) is 10.2 Å². The molecule has 0 spiro atoms. The third-order valence-electron chi connectivity index (χ3n) is 5.16. The molecule has 1 aromatic heterocycles. The molecule has 2 aliphatic rings. The van der Waals surface area contributed by atoms with Crippen molar-refractivity contribution in [2.45, 2.75) is 38.7 Å². The van der Waals surface area contributed by atoms with Crippen molar-refractivity contribution in [3.63, 3.8) is 0 Å². The van der Waals surface area contributed by atoms with E-state index in [9.17, 15) is 4.79 Å². The molecule has 0 unspecified atom stereocenters. The highest BCUT2D eigenvalue weighted by Crippen LogP contribution is 2.49. The van der Waals surface area contributed by atoms with E-state index in [1.165, 1.54) is 25.7 Å². The number of aromatic nitrogens is 2. The zero-order valence-corrected chi connectivity index (χ0v) is 13.0. The summed E-state index contributed by atoms with van der Waals surface area (Å²) in [5.74, 6) is 2.74. The van der Waals surface area contributed by atoms with Gasteiger partial charge in [-0.15, -0.1) is 10.2 Å². The van der Waals surface area contributed by atoms with Crippen LogP contribution in [0, 0.1) is 17.8 Å². The van der Waals surface area contributed by atoms with E-state index >= 15 is 0 Å². The third-order valence-corrected chi connectivity index (χ3v) is 5.16. The van der Waals surface area contributed by atoms with Gasteiger partial charge in [0.1, 0.15) is 0 Å². The van der Waals surface area contributed by atoms with E-state index in [4.69, 9.17) is 9.15 Å². The molecule has 2 bridgehead atoms. The molecule has 0 radical (unpaired) electrons. The lowest BCUT2D eigenvalue weighted by Gasteiger charge is -2.20. The second-order valence-electron chi connectivity index (χ2n) is 6.67. The van der Waals surface area contributed by atoms with Gasteiger partial charge in [0.05, 0.1) is 0 Å². The lowest BCUT2D eigenvalue weighted by molar-refractivity contribution is -0.147. The van der Waals surface area contributed by atoms with Gasteiger partial charge in [-0.1, -0.05) is 24.6 Å². The summed E-state index contributed by atoms with van der Waals surface area (Å²) in [5.41, 5.74) is 0.861. The number of fused-ring (bicyclic) bond motifs is 2. The first-order valence-electron chi connectivity index (χ1n) is 8.31. The number of carbonyl (C=O) groups is 1. The van der Waals surface area contributed by atoms with Gasteiger partial charge in [-0.3, -0.25) is 4.79 Å². The quantitative estimate of drug-likeness (QED) is 0.789. The van der Waals surface area contributed by atoms with E-state index in [2.05, 4.69) is 10.2 Å².